The zero-order valence-corrected chi connectivity index (χ0v) is 9.22. The molecule has 1 aliphatic rings. The third-order valence-corrected chi connectivity index (χ3v) is 2.66. The highest BCUT2D eigenvalue weighted by Crippen LogP contribution is 2.27. The van der Waals surface area contributed by atoms with Crippen LogP contribution in [0.3, 0.4) is 0 Å². The Kier molecular flexibility index (Phi) is 9.51. The van der Waals surface area contributed by atoms with Gasteiger partial charge in [-0.3, -0.25) is 0 Å². The number of carbonyl (C=O) groups is 1. The number of aldehydes is 1. The second-order valence-corrected chi connectivity index (χ2v) is 3.60. The van der Waals surface area contributed by atoms with Gasteiger partial charge in [-0.15, -0.1) is 0 Å². The van der Waals surface area contributed by atoms with E-state index in [0.29, 0.717) is 0 Å². The standard InChI is InChI=1S/C10H18O.C2H6/c11-9-5-4-8-10-6-2-1-3-7-10;1-2/h9-10H,1-8H2;1-2H3. The van der Waals surface area contributed by atoms with E-state index in [-0.39, 0.29) is 0 Å². The molecule has 13 heavy (non-hydrogen) atoms. The smallest absolute Gasteiger partial charge is 0.119 e. The van der Waals surface area contributed by atoms with Gasteiger partial charge in [-0.2, -0.15) is 0 Å². The minimum absolute atomic E-state index is 0.774. The van der Waals surface area contributed by atoms with Crippen molar-refractivity contribution >= 4 is 6.29 Å². The van der Waals surface area contributed by atoms with Gasteiger partial charge in [0.1, 0.15) is 6.29 Å². The molecule has 1 fully saturated rings. The second kappa shape index (κ2) is 9.76. The molecule has 1 nitrogen and oxygen atoms in total. The van der Waals surface area contributed by atoms with E-state index < -0.39 is 0 Å². The second-order valence-electron chi connectivity index (χ2n) is 3.60. The van der Waals surface area contributed by atoms with Crippen molar-refractivity contribution in [2.45, 2.75) is 65.2 Å². The Hall–Kier alpha value is -0.330. The summed E-state index contributed by atoms with van der Waals surface area (Å²) in [5, 5.41) is 0. The summed E-state index contributed by atoms with van der Waals surface area (Å²) < 4.78 is 0. The highest BCUT2D eigenvalue weighted by Gasteiger charge is 2.11. The molecule has 0 spiro atoms. The summed E-state index contributed by atoms with van der Waals surface area (Å²) in [6.45, 7) is 4.00. The Morgan fingerprint density at radius 3 is 2.31 bits per heavy atom. The van der Waals surface area contributed by atoms with Crippen molar-refractivity contribution in [3.8, 4) is 0 Å². The van der Waals surface area contributed by atoms with Gasteiger partial charge in [-0.25, -0.2) is 0 Å². The number of carbonyl (C=O) groups excluding carboxylic acids is 1. The number of unbranched alkanes of at least 4 members (excludes halogenated alkanes) is 1. The van der Waals surface area contributed by atoms with Crippen molar-refractivity contribution in [2.24, 2.45) is 5.92 Å². The minimum Gasteiger partial charge on any atom is -0.303 e. The molecule has 0 aliphatic heterocycles. The van der Waals surface area contributed by atoms with E-state index in [2.05, 4.69) is 0 Å². The first-order chi connectivity index (χ1) is 6.43. The summed E-state index contributed by atoms with van der Waals surface area (Å²) >= 11 is 0. The van der Waals surface area contributed by atoms with Gasteiger partial charge in [0.25, 0.3) is 0 Å². The molecule has 0 atom stereocenters. The Labute approximate surface area is 82.9 Å². The van der Waals surface area contributed by atoms with Gasteiger partial charge in [0.05, 0.1) is 0 Å². The lowest BCUT2D eigenvalue weighted by molar-refractivity contribution is -0.108. The van der Waals surface area contributed by atoms with E-state index in [1.165, 1.54) is 38.5 Å². The molecule has 78 valence electrons. The first kappa shape index (κ1) is 12.7. The average Bonchev–Trinajstić information content (AvgIpc) is 2.23. The average molecular weight is 184 g/mol. The summed E-state index contributed by atoms with van der Waals surface area (Å²) in [5.74, 6) is 0.948. The van der Waals surface area contributed by atoms with Gasteiger partial charge in [0.2, 0.25) is 0 Å². The van der Waals surface area contributed by atoms with Gasteiger partial charge in [0.15, 0.2) is 0 Å². The lowest BCUT2D eigenvalue weighted by Gasteiger charge is -2.20. The molecule has 0 amide bonds. The van der Waals surface area contributed by atoms with Crippen molar-refractivity contribution in [2.75, 3.05) is 0 Å². The summed E-state index contributed by atoms with van der Waals surface area (Å²) in [4.78, 5) is 10.0. The van der Waals surface area contributed by atoms with Crippen LogP contribution in [0.15, 0.2) is 0 Å². The predicted molar refractivity (Wildman–Crippen MR) is 57.8 cm³/mol. The van der Waals surface area contributed by atoms with Gasteiger partial charge in [-0.1, -0.05) is 52.4 Å². The van der Waals surface area contributed by atoms with Gasteiger partial charge in [-0.05, 0) is 12.3 Å². The first-order valence-corrected chi connectivity index (χ1v) is 5.87. The van der Waals surface area contributed by atoms with Crippen LogP contribution >= 0.6 is 0 Å². The Morgan fingerprint density at radius 1 is 1.15 bits per heavy atom. The van der Waals surface area contributed by atoms with Crippen LogP contribution in [-0.4, -0.2) is 6.29 Å². The van der Waals surface area contributed by atoms with Crippen LogP contribution < -0.4 is 0 Å². The summed E-state index contributed by atoms with van der Waals surface area (Å²) in [5.41, 5.74) is 0. The molecule has 0 aromatic rings. The Balaban J connectivity index is 0.000000671. The van der Waals surface area contributed by atoms with Crippen LogP contribution in [0.1, 0.15) is 65.2 Å². The molecule has 0 aromatic heterocycles. The van der Waals surface area contributed by atoms with Crippen molar-refractivity contribution in [3.63, 3.8) is 0 Å². The molecule has 0 aromatic carbocycles. The summed E-state index contributed by atoms with van der Waals surface area (Å²) in [6.07, 6.45) is 11.3. The maximum absolute atomic E-state index is 10.0. The molecular formula is C12H24O. The van der Waals surface area contributed by atoms with Gasteiger partial charge in [0, 0.05) is 6.42 Å². The number of rotatable bonds is 4. The SMILES string of the molecule is CC.O=CCCCC1CCCCC1. The van der Waals surface area contributed by atoms with Gasteiger partial charge < -0.3 is 4.79 Å². The quantitative estimate of drug-likeness (QED) is 0.477. The maximum atomic E-state index is 10.0. The van der Waals surface area contributed by atoms with Crippen molar-refractivity contribution < 1.29 is 4.79 Å². The third-order valence-electron chi connectivity index (χ3n) is 2.66. The van der Waals surface area contributed by atoms with E-state index in [1.807, 2.05) is 13.8 Å². The van der Waals surface area contributed by atoms with E-state index in [4.69, 9.17) is 0 Å². The topological polar surface area (TPSA) is 17.1 Å². The molecule has 0 radical (unpaired) electrons. The van der Waals surface area contributed by atoms with E-state index in [1.54, 1.807) is 0 Å². The van der Waals surface area contributed by atoms with Crippen LogP contribution in [0.25, 0.3) is 0 Å². The molecule has 1 heteroatoms. The molecule has 1 aliphatic carbocycles. The molecule has 0 N–H and O–H groups in total. The largest absolute Gasteiger partial charge is 0.303 e. The maximum Gasteiger partial charge on any atom is 0.119 e. The molecular weight excluding hydrogens is 160 g/mol. The highest BCUT2D eigenvalue weighted by atomic mass is 16.1. The summed E-state index contributed by atoms with van der Waals surface area (Å²) in [7, 11) is 0. The molecule has 0 bridgehead atoms. The highest BCUT2D eigenvalue weighted by molar-refractivity contribution is 5.48. The number of hydrogen-bond acceptors (Lipinski definition) is 1. The molecule has 0 heterocycles. The predicted octanol–water partition coefficient (Wildman–Crippen LogP) is 3.96. The van der Waals surface area contributed by atoms with Crippen LogP contribution in [0.5, 0.6) is 0 Å². The zero-order valence-electron chi connectivity index (χ0n) is 9.22. The first-order valence-electron chi connectivity index (χ1n) is 5.87. The van der Waals surface area contributed by atoms with Crippen molar-refractivity contribution in [3.05, 3.63) is 0 Å². The van der Waals surface area contributed by atoms with Crippen LogP contribution in [0.4, 0.5) is 0 Å². The summed E-state index contributed by atoms with van der Waals surface area (Å²) in [6, 6.07) is 0. The monoisotopic (exact) mass is 184 g/mol. The normalized spacial score (nSPS) is 17.4. The molecule has 1 rings (SSSR count). The molecule has 0 saturated heterocycles. The fraction of sp³-hybridized carbons (Fsp3) is 0.917. The third kappa shape index (κ3) is 6.80. The van der Waals surface area contributed by atoms with Gasteiger partial charge >= 0.3 is 0 Å². The van der Waals surface area contributed by atoms with Crippen LogP contribution in [0, 0.1) is 5.92 Å². The minimum atomic E-state index is 0.774. The van der Waals surface area contributed by atoms with E-state index in [0.717, 1.165) is 25.0 Å². The lowest BCUT2D eigenvalue weighted by Crippen LogP contribution is -2.05. The van der Waals surface area contributed by atoms with Crippen molar-refractivity contribution in [1.29, 1.82) is 0 Å². The Bertz CT molecular complexity index is 104. The fourth-order valence-corrected chi connectivity index (χ4v) is 1.97. The van der Waals surface area contributed by atoms with Crippen LogP contribution in [-0.2, 0) is 4.79 Å². The van der Waals surface area contributed by atoms with Crippen LogP contribution in [0.2, 0.25) is 0 Å². The number of hydrogen-bond donors (Lipinski definition) is 0. The fourth-order valence-electron chi connectivity index (χ4n) is 1.97. The Morgan fingerprint density at radius 2 is 1.77 bits per heavy atom. The van der Waals surface area contributed by atoms with E-state index in [9.17, 15) is 4.79 Å². The van der Waals surface area contributed by atoms with Crippen molar-refractivity contribution in [1.82, 2.24) is 0 Å². The molecule has 0 unspecified atom stereocenters. The van der Waals surface area contributed by atoms with E-state index >= 15 is 0 Å². The molecule has 1 saturated carbocycles. The lowest BCUT2D eigenvalue weighted by atomic mass is 9.86. The zero-order chi connectivity index (χ0) is 9.94.